The number of amides is 3. The Morgan fingerprint density at radius 2 is 1.65 bits per heavy atom. The minimum absolute atomic E-state index is 0.173. The first-order valence-corrected chi connectivity index (χ1v) is 13.2. The fourth-order valence-corrected chi connectivity index (χ4v) is 5.89. The van der Waals surface area contributed by atoms with Gasteiger partial charge in [-0.1, -0.05) is 60.7 Å². The number of hydrogen-bond acceptors (Lipinski definition) is 4. The summed E-state index contributed by atoms with van der Waals surface area (Å²) in [5, 5.41) is 15.3. The van der Waals surface area contributed by atoms with Crippen LogP contribution in [0.15, 0.2) is 48.5 Å². The maximum atomic E-state index is 13.7. The molecule has 0 unspecified atom stereocenters. The van der Waals surface area contributed by atoms with Crippen molar-refractivity contribution >= 4 is 63.8 Å². The number of nitrogens with one attached hydrogen (secondary N) is 2. The molecular weight excluding hydrogens is 540 g/mol. The van der Waals surface area contributed by atoms with Gasteiger partial charge in [0.25, 0.3) is 5.91 Å². The van der Waals surface area contributed by atoms with Crippen LogP contribution in [-0.2, 0) is 4.79 Å². The van der Waals surface area contributed by atoms with Crippen LogP contribution in [0.1, 0.15) is 41.8 Å². The lowest BCUT2D eigenvalue weighted by Crippen LogP contribution is -2.44. The minimum atomic E-state index is -1.12. The van der Waals surface area contributed by atoms with Gasteiger partial charge in [0.1, 0.15) is 17.2 Å². The molecule has 0 radical (unpaired) electrons. The smallest absolute Gasteiger partial charge is 0.323 e. The Labute approximate surface area is 227 Å². The Kier molecular flexibility index (Phi) is 8.68. The van der Waals surface area contributed by atoms with E-state index in [0.29, 0.717) is 23.3 Å². The summed E-state index contributed by atoms with van der Waals surface area (Å²) in [5.74, 6) is -2.01. The molecule has 0 spiro atoms. The lowest BCUT2D eigenvalue weighted by molar-refractivity contribution is -0.138. The second-order valence-corrected chi connectivity index (χ2v) is 10.5. The van der Waals surface area contributed by atoms with Crippen molar-refractivity contribution in [1.82, 2.24) is 4.90 Å². The molecule has 0 aliphatic heterocycles. The number of urea groups is 1. The zero-order chi connectivity index (χ0) is 26.5. The van der Waals surface area contributed by atoms with Gasteiger partial charge in [0.2, 0.25) is 0 Å². The van der Waals surface area contributed by atoms with Crippen molar-refractivity contribution in [1.29, 1.82) is 0 Å². The van der Waals surface area contributed by atoms with Gasteiger partial charge < -0.3 is 20.6 Å². The SMILES string of the molecule is O=C(O)CN(C(=O)c1sc(-c2ccc(F)cc2)cc1NC(=O)Nc1c(Cl)cccc1Cl)C1CCCCC1. The number of carbonyl (C=O) groups is 3. The van der Waals surface area contributed by atoms with Crippen molar-refractivity contribution in [2.45, 2.75) is 38.1 Å². The number of carboxylic acids is 1. The molecule has 1 heterocycles. The van der Waals surface area contributed by atoms with Gasteiger partial charge >= 0.3 is 12.0 Å². The van der Waals surface area contributed by atoms with Crippen LogP contribution >= 0.6 is 34.5 Å². The zero-order valence-corrected chi connectivity index (χ0v) is 21.9. The highest BCUT2D eigenvalue weighted by molar-refractivity contribution is 7.18. The molecule has 4 rings (SSSR count). The van der Waals surface area contributed by atoms with Crippen molar-refractivity contribution < 1.29 is 23.9 Å². The van der Waals surface area contributed by atoms with Gasteiger partial charge in [-0.2, -0.15) is 0 Å². The minimum Gasteiger partial charge on any atom is -0.480 e. The predicted molar refractivity (Wildman–Crippen MR) is 144 cm³/mol. The molecule has 0 atom stereocenters. The number of anilines is 2. The molecule has 3 N–H and O–H groups in total. The van der Waals surface area contributed by atoms with Crippen LogP contribution in [-0.4, -0.2) is 40.5 Å². The van der Waals surface area contributed by atoms with Crippen molar-refractivity contribution in [3.63, 3.8) is 0 Å². The van der Waals surface area contributed by atoms with Crippen LogP contribution in [0.4, 0.5) is 20.6 Å². The Morgan fingerprint density at radius 3 is 2.27 bits per heavy atom. The number of aliphatic carboxylic acids is 1. The van der Waals surface area contributed by atoms with Crippen LogP contribution in [0.25, 0.3) is 10.4 Å². The topological polar surface area (TPSA) is 98.7 Å². The molecule has 1 aliphatic carbocycles. The molecule has 0 saturated heterocycles. The molecule has 1 saturated carbocycles. The van der Waals surface area contributed by atoms with Crippen molar-refractivity contribution in [3.8, 4) is 10.4 Å². The van der Waals surface area contributed by atoms with Crippen molar-refractivity contribution in [2.24, 2.45) is 0 Å². The Balaban J connectivity index is 1.68. The third-order valence-electron chi connectivity index (χ3n) is 6.09. The first-order valence-electron chi connectivity index (χ1n) is 11.7. The molecule has 3 aromatic rings. The first kappa shape index (κ1) is 26.9. The summed E-state index contributed by atoms with van der Waals surface area (Å²) < 4.78 is 13.5. The summed E-state index contributed by atoms with van der Waals surface area (Å²) in [4.78, 5) is 40.4. The Bertz CT molecular complexity index is 1290. The Hall–Kier alpha value is -3.14. The molecule has 7 nitrogen and oxygen atoms in total. The van der Waals surface area contributed by atoms with Crippen LogP contribution < -0.4 is 10.6 Å². The van der Waals surface area contributed by atoms with E-state index >= 15 is 0 Å². The van der Waals surface area contributed by atoms with E-state index in [0.717, 1.165) is 30.6 Å². The molecule has 1 aliphatic rings. The number of para-hydroxylation sites is 1. The van der Waals surface area contributed by atoms with Crippen LogP contribution in [0.3, 0.4) is 0 Å². The maximum absolute atomic E-state index is 13.7. The van der Waals surface area contributed by atoms with Gasteiger partial charge in [-0.25, -0.2) is 9.18 Å². The fraction of sp³-hybridized carbons (Fsp3) is 0.269. The van der Waals surface area contributed by atoms with E-state index < -0.39 is 30.3 Å². The molecule has 3 amide bonds. The number of carbonyl (C=O) groups excluding carboxylic acids is 2. The third-order valence-corrected chi connectivity index (χ3v) is 7.89. The van der Waals surface area contributed by atoms with Crippen molar-refractivity contribution in [3.05, 3.63) is 69.3 Å². The summed E-state index contributed by atoms with van der Waals surface area (Å²) in [5.41, 5.74) is 1.05. The number of benzene rings is 2. The molecule has 0 bridgehead atoms. The molecule has 37 heavy (non-hydrogen) atoms. The van der Waals surface area contributed by atoms with E-state index in [2.05, 4.69) is 10.6 Å². The molecule has 11 heteroatoms. The fourth-order valence-electron chi connectivity index (χ4n) is 4.32. The van der Waals surface area contributed by atoms with E-state index in [-0.39, 0.29) is 32.3 Å². The van der Waals surface area contributed by atoms with Gasteiger partial charge in [-0.15, -0.1) is 11.3 Å². The van der Waals surface area contributed by atoms with E-state index in [1.165, 1.54) is 17.0 Å². The molecular formula is C26H24Cl2FN3O4S. The van der Waals surface area contributed by atoms with Crippen LogP contribution in [0.5, 0.6) is 0 Å². The number of thiophene rings is 1. The van der Waals surface area contributed by atoms with Gasteiger partial charge in [0, 0.05) is 10.9 Å². The van der Waals surface area contributed by atoms with Gasteiger partial charge in [-0.3, -0.25) is 9.59 Å². The number of halogens is 3. The standard InChI is InChI=1S/C26H24Cl2FN3O4S/c27-18-7-4-8-19(28)23(18)31-26(36)30-20-13-21(15-9-11-16(29)12-10-15)37-24(20)25(35)32(14-22(33)34)17-5-2-1-3-6-17/h4,7-13,17H,1-3,5-6,14H2,(H,33,34)(H2,30,31,36). The number of rotatable bonds is 7. The second kappa shape index (κ2) is 11.9. The van der Waals surface area contributed by atoms with E-state index in [4.69, 9.17) is 23.2 Å². The molecule has 2 aromatic carbocycles. The second-order valence-electron chi connectivity index (χ2n) is 8.65. The summed E-state index contributed by atoms with van der Waals surface area (Å²) in [6.07, 6.45) is 4.28. The lowest BCUT2D eigenvalue weighted by atomic mass is 9.94. The average Bonchev–Trinajstić information content (AvgIpc) is 3.29. The van der Waals surface area contributed by atoms with Gasteiger partial charge in [-0.05, 0) is 48.7 Å². The third kappa shape index (κ3) is 6.60. The quantitative estimate of drug-likeness (QED) is 0.279. The monoisotopic (exact) mass is 563 g/mol. The number of hydrogen-bond donors (Lipinski definition) is 3. The van der Waals surface area contributed by atoms with E-state index in [9.17, 15) is 23.9 Å². The average molecular weight is 564 g/mol. The van der Waals surface area contributed by atoms with Crippen LogP contribution in [0, 0.1) is 5.82 Å². The first-order chi connectivity index (χ1) is 17.7. The summed E-state index contributed by atoms with van der Waals surface area (Å²) in [6, 6.07) is 11.2. The van der Waals surface area contributed by atoms with E-state index in [1.807, 2.05) is 0 Å². The normalized spacial score (nSPS) is 13.7. The number of nitrogens with zero attached hydrogens (tertiary/aromatic N) is 1. The maximum Gasteiger partial charge on any atom is 0.323 e. The largest absolute Gasteiger partial charge is 0.480 e. The van der Waals surface area contributed by atoms with Crippen LogP contribution in [0.2, 0.25) is 10.0 Å². The summed E-state index contributed by atoms with van der Waals surface area (Å²) in [6.45, 7) is -0.450. The van der Waals surface area contributed by atoms with E-state index in [1.54, 1.807) is 36.4 Å². The highest BCUT2D eigenvalue weighted by Crippen LogP contribution is 2.37. The Morgan fingerprint density at radius 1 is 1.00 bits per heavy atom. The summed E-state index contributed by atoms with van der Waals surface area (Å²) >= 11 is 13.4. The lowest BCUT2D eigenvalue weighted by Gasteiger charge is -2.33. The zero-order valence-electron chi connectivity index (χ0n) is 19.6. The molecule has 1 aromatic heterocycles. The summed E-state index contributed by atoms with van der Waals surface area (Å²) in [7, 11) is 0. The number of carboxylic acid groups (broad SMARTS) is 1. The molecule has 194 valence electrons. The van der Waals surface area contributed by atoms with Crippen molar-refractivity contribution in [2.75, 3.05) is 17.2 Å². The predicted octanol–water partition coefficient (Wildman–Crippen LogP) is 7.36. The highest BCUT2D eigenvalue weighted by atomic mass is 35.5. The molecule has 1 fully saturated rings. The highest BCUT2D eigenvalue weighted by Gasteiger charge is 2.31. The van der Waals surface area contributed by atoms with Gasteiger partial charge in [0.15, 0.2) is 0 Å². The van der Waals surface area contributed by atoms with Gasteiger partial charge in [0.05, 0.1) is 21.4 Å².